The molecule has 0 bridgehead atoms. The standard InChI is InChI=1S/C12H22N2O2/c13-9-12(4-2-5-12)7-11(15)14-10-3-1-6-16-8-10/h10H,1-9,13H2,(H,14,15). The zero-order chi connectivity index (χ0) is 11.4. The predicted molar refractivity (Wildman–Crippen MR) is 61.9 cm³/mol. The van der Waals surface area contributed by atoms with Gasteiger partial charge in [-0.2, -0.15) is 0 Å². The largest absolute Gasteiger partial charge is 0.379 e. The van der Waals surface area contributed by atoms with Crippen molar-refractivity contribution in [1.29, 1.82) is 0 Å². The van der Waals surface area contributed by atoms with Crippen LogP contribution in [0.2, 0.25) is 0 Å². The number of hydrogen-bond acceptors (Lipinski definition) is 3. The molecule has 16 heavy (non-hydrogen) atoms. The summed E-state index contributed by atoms with van der Waals surface area (Å²) in [4.78, 5) is 11.9. The number of hydrogen-bond donors (Lipinski definition) is 2. The molecule has 1 amide bonds. The number of nitrogens with one attached hydrogen (secondary N) is 1. The van der Waals surface area contributed by atoms with Gasteiger partial charge < -0.3 is 15.8 Å². The van der Waals surface area contributed by atoms with Gasteiger partial charge in [0.1, 0.15) is 0 Å². The number of nitrogens with two attached hydrogens (primary N) is 1. The van der Waals surface area contributed by atoms with Gasteiger partial charge in [-0.15, -0.1) is 0 Å². The summed E-state index contributed by atoms with van der Waals surface area (Å²) in [5.74, 6) is 0.153. The molecule has 92 valence electrons. The quantitative estimate of drug-likeness (QED) is 0.745. The predicted octanol–water partition coefficient (Wildman–Crippen LogP) is 0.801. The Balaban J connectivity index is 1.74. The minimum absolute atomic E-state index is 0.111. The molecule has 1 heterocycles. The van der Waals surface area contributed by atoms with Gasteiger partial charge in [-0.05, 0) is 37.6 Å². The maximum Gasteiger partial charge on any atom is 0.220 e. The van der Waals surface area contributed by atoms with Gasteiger partial charge in [-0.25, -0.2) is 0 Å². The highest BCUT2D eigenvalue weighted by Crippen LogP contribution is 2.42. The van der Waals surface area contributed by atoms with E-state index in [9.17, 15) is 4.79 Å². The molecule has 0 spiro atoms. The minimum atomic E-state index is 0.111. The molecule has 1 saturated heterocycles. The van der Waals surface area contributed by atoms with Crippen LogP contribution in [0.15, 0.2) is 0 Å². The molecular weight excluding hydrogens is 204 g/mol. The van der Waals surface area contributed by atoms with Crippen LogP contribution in [0.3, 0.4) is 0 Å². The molecule has 0 aromatic carbocycles. The van der Waals surface area contributed by atoms with E-state index in [1.54, 1.807) is 0 Å². The van der Waals surface area contributed by atoms with Crippen molar-refractivity contribution >= 4 is 5.91 Å². The summed E-state index contributed by atoms with van der Waals surface area (Å²) in [5.41, 5.74) is 5.86. The fourth-order valence-corrected chi connectivity index (χ4v) is 2.60. The van der Waals surface area contributed by atoms with Gasteiger partial charge in [-0.3, -0.25) is 4.79 Å². The topological polar surface area (TPSA) is 64.4 Å². The van der Waals surface area contributed by atoms with Crippen LogP contribution in [0, 0.1) is 5.41 Å². The second-order valence-electron chi connectivity index (χ2n) is 5.22. The van der Waals surface area contributed by atoms with Gasteiger partial charge >= 0.3 is 0 Å². The van der Waals surface area contributed by atoms with E-state index >= 15 is 0 Å². The lowest BCUT2D eigenvalue weighted by Gasteiger charge is -2.40. The summed E-state index contributed by atoms with van der Waals surface area (Å²) in [5, 5.41) is 3.06. The maximum atomic E-state index is 11.9. The molecule has 1 aliphatic carbocycles. The fraction of sp³-hybridized carbons (Fsp3) is 0.917. The molecule has 1 aliphatic heterocycles. The van der Waals surface area contributed by atoms with Crippen LogP contribution in [0.5, 0.6) is 0 Å². The summed E-state index contributed by atoms with van der Waals surface area (Å²) < 4.78 is 5.34. The zero-order valence-corrected chi connectivity index (χ0v) is 9.84. The first-order valence-corrected chi connectivity index (χ1v) is 6.31. The van der Waals surface area contributed by atoms with Crippen LogP contribution >= 0.6 is 0 Å². The van der Waals surface area contributed by atoms with Crippen molar-refractivity contribution in [3.63, 3.8) is 0 Å². The fourth-order valence-electron chi connectivity index (χ4n) is 2.60. The SMILES string of the molecule is NCC1(CC(=O)NC2CCCOC2)CCC1. The van der Waals surface area contributed by atoms with Gasteiger partial charge in [0.25, 0.3) is 0 Å². The van der Waals surface area contributed by atoms with Crippen LogP contribution in [-0.2, 0) is 9.53 Å². The highest BCUT2D eigenvalue weighted by Gasteiger charge is 2.37. The molecule has 1 atom stereocenters. The minimum Gasteiger partial charge on any atom is -0.379 e. The normalized spacial score (nSPS) is 28.2. The van der Waals surface area contributed by atoms with Crippen LogP contribution in [-0.4, -0.2) is 31.7 Å². The van der Waals surface area contributed by atoms with Gasteiger partial charge in [0.2, 0.25) is 5.91 Å². The first kappa shape index (κ1) is 11.9. The van der Waals surface area contributed by atoms with Crippen molar-refractivity contribution < 1.29 is 9.53 Å². The number of rotatable bonds is 4. The monoisotopic (exact) mass is 226 g/mol. The molecule has 4 nitrogen and oxygen atoms in total. The summed E-state index contributed by atoms with van der Waals surface area (Å²) in [6.45, 7) is 2.14. The molecule has 1 unspecified atom stereocenters. The van der Waals surface area contributed by atoms with E-state index in [2.05, 4.69) is 5.32 Å². The van der Waals surface area contributed by atoms with Crippen molar-refractivity contribution in [3.05, 3.63) is 0 Å². The van der Waals surface area contributed by atoms with Gasteiger partial charge in [0.15, 0.2) is 0 Å². The maximum absolute atomic E-state index is 11.9. The van der Waals surface area contributed by atoms with E-state index in [1.165, 1.54) is 6.42 Å². The lowest BCUT2D eigenvalue weighted by atomic mass is 9.66. The number of amides is 1. The molecule has 3 N–H and O–H groups in total. The number of ether oxygens (including phenoxy) is 1. The molecule has 2 fully saturated rings. The third-order valence-electron chi connectivity index (χ3n) is 3.91. The molecule has 0 aromatic heterocycles. The molecule has 2 rings (SSSR count). The molecular formula is C12H22N2O2. The van der Waals surface area contributed by atoms with Crippen molar-refractivity contribution in [1.82, 2.24) is 5.32 Å². The van der Waals surface area contributed by atoms with Crippen molar-refractivity contribution in [3.8, 4) is 0 Å². The summed E-state index contributed by atoms with van der Waals surface area (Å²) >= 11 is 0. The molecule has 1 saturated carbocycles. The van der Waals surface area contributed by atoms with Crippen molar-refractivity contribution in [2.24, 2.45) is 11.1 Å². The highest BCUT2D eigenvalue weighted by atomic mass is 16.5. The van der Waals surface area contributed by atoms with Crippen LogP contribution in [0.1, 0.15) is 38.5 Å². The van der Waals surface area contributed by atoms with E-state index in [-0.39, 0.29) is 17.4 Å². The Morgan fingerprint density at radius 2 is 2.25 bits per heavy atom. The van der Waals surface area contributed by atoms with Crippen LogP contribution in [0.4, 0.5) is 0 Å². The second-order valence-corrected chi connectivity index (χ2v) is 5.22. The number of carbonyl (C=O) groups excluding carboxylic acids is 1. The smallest absolute Gasteiger partial charge is 0.220 e. The van der Waals surface area contributed by atoms with E-state index in [0.29, 0.717) is 19.6 Å². The Labute approximate surface area is 96.9 Å². The Bertz CT molecular complexity index is 240. The first-order chi connectivity index (χ1) is 7.74. The second kappa shape index (κ2) is 5.15. The van der Waals surface area contributed by atoms with Gasteiger partial charge in [0, 0.05) is 13.0 Å². The lowest BCUT2D eigenvalue weighted by Crippen LogP contribution is -2.46. The molecule has 0 radical (unpaired) electrons. The summed E-state index contributed by atoms with van der Waals surface area (Å²) in [6.07, 6.45) is 6.13. The van der Waals surface area contributed by atoms with E-state index in [0.717, 1.165) is 32.3 Å². The van der Waals surface area contributed by atoms with Crippen molar-refractivity contribution in [2.75, 3.05) is 19.8 Å². The third kappa shape index (κ3) is 2.74. The summed E-state index contributed by atoms with van der Waals surface area (Å²) in [6, 6.07) is 0.219. The van der Waals surface area contributed by atoms with Crippen molar-refractivity contribution in [2.45, 2.75) is 44.6 Å². The Kier molecular flexibility index (Phi) is 3.82. The Morgan fingerprint density at radius 1 is 1.44 bits per heavy atom. The number of carbonyl (C=O) groups is 1. The molecule has 2 aliphatic rings. The average molecular weight is 226 g/mol. The van der Waals surface area contributed by atoms with Gasteiger partial charge in [0.05, 0.1) is 12.6 Å². The zero-order valence-electron chi connectivity index (χ0n) is 9.84. The van der Waals surface area contributed by atoms with Crippen LogP contribution in [0.25, 0.3) is 0 Å². The average Bonchev–Trinajstić information content (AvgIpc) is 2.25. The molecule has 4 heteroatoms. The van der Waals surface area contributed by atoms with E-state index < -0.39 is 0 Å². The van der Waals surface area contributed by atoms with E-state index in [1.807, 2.05) is 0 Å². The van der Waals surface area contributed by atoms with Gasteiger partial charge in [-0.1, -0.05) is 6.42 Å². The van der Waals surface area contributed by atoms with E-state index in [4.69, 9.17) is 10.5 Å². The van der Waals surface area contributed by atoms with Crippen LogP contribution < -0.4 is 11.1 Å². The highest BCUT2D eigenvalue weighted by molar-refractivity contribution is 5.77. The summed E-state index contributed by atoms with van der Waals surface area (Å²) in [7, 11) is 0. The lowest BCUT2D eigenvalue weighted by molar-refractivity contribution is -0.126. The Hall–Kier alpha value is -0.610. The third-order valence-corrected chi connectivity index (χ3v) is 3.91. The first-order valence-electron chi connectivity index (χ1n) is 6.31. The molecule has 0 aromatic rings. The Morgan fingerprint density at radius 3 is 2.75 bits per heavy atom.